The van der Waals surface area contributed by atoms with Crippen molar-refractivity contribution in [2.75, 3.05) is 20.9 Å². The molecule has 0 saturated heterocycles. The monoisotopic (exact) mass is 610 g/mol. The number of benzene rings is 1. The Balaban J connectivity index is 2.96. The summed E-state index contributed by atoms with van der Waals surface area (Å²) in [5, 5.41) is 9.49. The Labute approximate surface area is 248 Å². The van der Waals surface area contributed by atoms with E-state index in [-0.39, 0.29) is 19.4 Å². The minimum Gasteiger partial charge on any atom is -0.469 e. The first-order valence-corrected chi connectivity index (χ1v) is 13.4. The zero-order valence-electron chi connectivity index (χ0n) is 24.8. The van der Waals surface area contributed by atoms with Gasteiger partial charge in [-0.05, 0) is 24.8 Å². The Morgan fingerprint density at radius 1 is 0.767 bits per heavy atom. The van der Waals surface area contributed by atoms with E-state index in [0.717, 1.165) is 19.8 Å². The summed E-state index contributed by atoms with van der Waals surface area (Å²) in [5.74, 6) is -5.73. The number of alkyl carbamates (subject to hydrolysis) is 1. The summed E-state index contributed by atoms with van der Waals surface area (Å²) in [5.41, 5.74) is 0.726. The number of hydrogen-bond donors (Lipinski definition) is 4. The lowest BCUT2D eigenvalue weighted by Gasteiger charge is -2.27. The van der Waals surface area contributed by atoms with E-state index < -0.39 is 84.7 Å². The van der Waals surface area contributed by atoms with Gasteiger partial charge in [0, 0.05) is 6.42 Å². The average Bonchev–Trinajstić information content (AvgIpc) is 2.99. The van der Waals surface area contributed by atoms with Crippen LogP contribution in [0.1, 0.15) is 45.6 Å². The van der Waals surface area contributed by atoms with Crippen LogP contribution in [0.4, 0.5) is 9.18 Å². The highest BCUT2D eigenvalue weighted by atomic mass is 19.1. The third kappa shape index (κ3) is 13.3. The summed E-state index contributed by atoms with van der Waals surface area (Å²) >= 11 is 0. The molecule has 1 aromatic carbocycles. The number of carbonyl (C=O) groups excluding carboxylic acids is 7. The lowest BCUT2D eigenvalue weighted by Crippen LogP contribution is -2.59. The van der Waals surface area contributed by atoms with Crippen LogP contribution >= 0.6 is 0 Å². The Morgan fingerprint density at radius 2 is 1.37 bits per heavy atom. The van der Waals surface area contributed by atoms with E-state index in [2.05, 4.69) is 30.7 Å². The second kappa shape index (κ2) is 18.8. The number of methoxy groups -OCH3 is 2. The highest BCUT2D eigenvalue weighted by molar-refractivity contribution is 5.97. The summed E-state index contributed by atoms with van der Waals surface area (Å²) in [6.45, 7) is 3.01. The number of ketones is 1. The minimum atomic E-state index is -1.54. The number of amides is 4. The Morgan fingerprint density at radius 3 is 1.93 bits per heavy atom. The van der Waals surface area contributed by atoms with Crippen LogP contribution in [0.3, 0.4) is 0 Å². The van der Waals surface area contributed by atoms with Crippen LogP contribution in [-0.4, -0.2) is 86.6 Å². The van der Waals surface area contributed by atoms with Gasteiger partial charge in [0.2, 0.25) is 17.7 Å². The van der Waals surface area contributed by atoms with Gasteiger partial charge in [0.25, 0.3) is 0 Å². The van der Waals surface area contributed by atoms with Crippen molar-refractivity contribution in [3.8, 4) is 0 Å². The molecule has 4 amide bonds. The van der Waals surface area contributed by atoms with Crippen LogP contribution in [0.5, 0.6) is 0 Å². The highest BCUT2D eigenvalue weighted by Gasteiger charge is 2.33. The van der Waals surface area contributed by atoms with E-state index >= 15 is 0 Å². The molecule has 0 bridgehead atoms. The van der Waals surface area contributed by atoms with Gasteiger partial charge in [-0.2, -0.15) is 0 Å². The molecule has 1 rings (SSSR count). The van der Waals surface area contributed by atoms with Crippen molar-refractivity contribution < 1.29 is 52.2 Å². The van der Waals surface area contributed by atoms with Gasteiger partial charge in [-0.15, -0.1) is 0 Å². The number of carbonyl (C=O) groups is 7. The van der Waals surface area contributed by atoms with Gasteiger partial charge in [0.15, 0.2) is 5.78 Å². The number of ether oxygens (including phenoxy) is 3. The summed E-state index contributed by atoms with van der Waals surface area (Å²) in [6, 6.07) is 3.48. The molecule has 0 aliphatic heterocycles. The molecule has 0 spiro atoms. The van der Waals surface area contributed by atoms with E-state index in [1.165, 1.54) is 6.92 Å². The molecule has 15 heteroatoms. The van der Waals surface area contributed by atoms with Gasteiger partial charge in [-0.1, -0.05) is 44.2 Å². The van der Waals surface area contributed by atoms with Crippen molar-refractivity contribution in [2.45, 2.75) is 70.8 Å². The third-order valence-electron chi connectivity index (χ3n) is 6.12. The zero-order valence-corrected chi connectivity index (χ0v) is 24.8. The van der Waals surface area contributed by atoms with Gasteiger partial charge in [0.1, 0.15) is 37.4 Å². The number of Topliss-reactive ketones (excluding diaryl/α,β-unsaturated/α-hetero) is 1. The lowest BCUT2D eigenvalue weighted by molar-refractivity contribution is -0.144. The summed E-state index contributed by atoms with van der Waals surface area (Å²) in [7, 11) is 2.21. The number of nitrogens with one attached hydrogen (secondary N) is 4. The molecular formula is C28H39FN4O10. The number of alkyl halides is 1. The fraction of sp³-hybridized carbons (Fsp3) is 0.536. The van der Waals surface area contributed by atoms with Crippen molar-refractivity contribution in [1.82, 2.24) is 21.3 Å². The molecule has 0 unspecified atom stereocenters. The van der Waals surface area contributed by atoms with Gasteiger partial charge in [0.05, 0.1) is 20.6 Å². The van der Waals surface area contributed by atoms with Crippen LogP contribution < -0.4 is 21.3 Å². The van der Waals surface area contributed by atoms with Gasteiger partial charge in [-0.25, -0.2) is 9.18 Å². The number of halogens is 1. The minimum absolute atomic E-state index is 0.0404. The van der Waals surface area contributed by atoms with Crippen LogP contribution in [0.15, 0.2) is 30.3 Å². The molecule has 0 aliphatic rings. The smallest absolute Gasteiger partial charge is 0.408 e. The molecule has 1 aromatic rings. The molecule has 0 fully saturated rings. The van der Waals surface area contributed by atoms with Gasteiger partial charge >= 0.3 is 18.0 Å². The second-order valence-electron chi connectivity index (χ2n) is 9.78. The van der Waals surface area contributed by atoms with Gasteiger partial charge < -0.3 is 35.5 Å². The maximum Gasteiger partial charge on any atom is 0.408 e. The molecule has 4 N–H and O–H groups in total. The van der Waals surface area contributed by atoms with Crippen LogP contribution in [0, 0.1) is 5.92 Å². The third-order valence-corrected chi connectivity index (χ3v) is 6.12. The van der Waals surface area contributed by atoms with Gasteiger partial charge in [-0.3, -0.25) is 28.8 Å². The zero-order chi connectivity index (χ0) is 32.5. The number of hydrogen-bond acceptors (Lipinski definition) is 10. The summed E-state index contributed by atoms with van der Waals surface area (Å²) in [6.07, 6.45) is -2.02. The average molecular weight is 611 g/mol. The maximum atomic E-state index is 13.2. The number of rotatable bonds is 17. The van der Waals surface area contributed by atoms with E-state index in [1.807, 2.05) is 0 Å². The fourth-order valence-electron chi connectivity index (χ4n) is 3.58. The number of esters is 2. The summed E-state index contributed by atoms with van der Waals surface area (Å²) in [4.78, 5) is 86.6. The van der Waals surface area contributed by atoms with E-state index in [0.29, 0.717) is 0 Å². The molecule has 0 radical (unpaired) electrons. The topological polar surface area (TPSA) is 195 Å². The molecule has 43 heavy (non-hydrogen) atoms. The van der Waals surface area contributed by atoms with Crippen molar-refractivity contribution in [3.63, 3.8) is 0 Å². The molecule has 0 saturated carbocycles. The first-order chi connectivity index (χ1) is 20.3. The Hall–Kier alpha value is -4.56. The largest absolute Gasteiger partial charge is 0.469 e. The van der Waals surface area contributed by atoms with Crippen molar-refractivity contribution >= 4 is 41.5 Å². The van der Waals surface area contributed by atoms with E-state index in [1.54, 1.807) is 44.2 Å². The SMILES string of the molecule is COC(=O)CC[C@H](NC(=O)[C@H](C)NC(=O)OCc1ccccc1)C(=O)N[C@H](C(=O)N[C@@H](CC(=O)OC)C(=O)CF)C(C)C. The van der Waals surface area contributed by atoms with E-state index in [9.17, 15) is 38.0 Å². The maximum absolute atomic E-state index is 13.2. The Bertz CT molecular complexity index is 1130. The summed E-state index contributed by atoms with van der Waals surface area (Å²) < 4.78 is 27.2. The van der Waals surface area contributed by atoms with Crippen molar-refractivity contribution in [2.24, 2.45) is 5.92 Å². The predicted octanol–water partition coefficient (Wildman–Crippen LogP) is 0.467. The predicted molar refractivity (Wildman–Crippen MR) is 149 cm³/mol. The van der Waals surface area contributed by atoms with Crippen molar-refractivity contribution in [3.05, 3.63) is 35.9 Å². The fourth-order valence-corrected chi connectivity index (χ4v) is 3.58. The molecule has 0 heterocycles. The molecule has 4 atom stereocenters. The Kier molecular flexibility index (Phi) is 15.9. The quantitative estimate of drug-likeness (QED) is 0.142. The lowest BCUT2D eigenvalue weighted by atomic mass is 10.0. The molecule has 238 valence electrons. The molecule has 0 aromatic heterocycles. The second-order valence-corrected chi connectivity index (χ2v) is 9.78. The molecular weight excluding hydrogens is 571 g/mol. The van der Waals surface area contributed by atoms with Crippen LogP contribution in [-0.2, 0) is 49.6 Å². The standard InChI is InChI=1S/C28H39FN4O10/c1-16(2)24(27(39)32-20(21(34)14-29)13-23(36)42-5)33-26(38)19(11-12-22(35)41-4)31-25(37)17(3)30-28(40)43-15-18-9-7-6-8-10-18/h6-10,16-17,19-20,24H,11-15H2,1-5H3,(H,30,40)(H,31,37)(H,32,39)(H,33,38)/t17-,19-,20-,24-/m0/s1. The van der Waals surface area contributed by atoms with E-state index in [4.69, 9.17) is 4.74 Å². The molecule has 14 nitrogen and oxygen atoms in total. The first-order valence-electron chi connectivity index (χ1n) is 13.4. The highest BCUT2D eigenvalue weighted by Crippen LogP contribution is 2.08. The molecule has 0 aliphatic carbocycles. The van der Waals surface area contributed by atoms with Crippen molar-refractivity contribution in [1.29, 1.82) is 0 Å². The normalized spacial score (nSPS) is 13.4. The van der Waals surface area contributed by atoms with Crippen LogP contribution in [0.25, 0.3) is 0 Å². The first kappa shape index (κ1) is 36.5. The van der Waals surface area contributed by atoms with Crippen LogP contribution in [0.2, 0.25) is 0 Å².